The van der Waals surface area contributed by atoms with Gasteiger partial charge in [0.25, 0.3) is 5.78 Å². The normalized spacial score (nSPS) is 10.2. The van der Waals surface area contributed by atoms with Gasteiger partial charge in [-0.25, -0.2) is 4.79 Å². The maximum Gasteiger partial charge on any atom is 0.380 e. The minimum Gasteiger partial charge on any atom is -0.489 e. The zero-order chi connectivity index (χ0) is 20.5. The predicted molar refractivity (Wildman–Crippen MR) is 112 cm³/mol. The van der Waals surface area contributed by atoms with Crippen molar-refractivity contribution in [2.75, 3.05) is 0 Å². The SMILES string of the molecule is C=CCc1c(OCc2ccccc2)cccc1C(=O)C(=O)OCc1ccccc1. The van der Waals surface area contributed by atoms with Crippen molar-refractivity contribution in [2.24, 2.45) is 0 Å². The number of ketones is 1. The number of hydrogen-bond donors (Lipinski definition) is 0. The molecule has 0 radical (unpaired) electrons. The van der Waals surface area contributed by atoms with E-state index in [1.54, 1.807) is 24.3 Å². The summed E-state index contributed by atoms with van der Waals surface area (Å²) >= 11 is 0. The fourth-order valence-electron chi connectivity index (χ4n) is 2.90. The Morgan fingerprint density at radius 3 is 2.03 bits per heavy atom. The van der Waals surface area contributed by atoms with E-state index in [1.165, 1.54) is 0 Å². The summed E-state index contributed by atoms with van der Waals surface area (Å²) in [5.74, 6) is -1.03. The van der Waals surface area contributed by atoms with Crippen LogP contribution in [0.4, 0.5) is 0 Å². The number of hydrogen-bond acceptors (Lipinski definition) is 4. The van der Waals surface area contributed by atoms with Crippen molar-refractivity contribution in [1.29, 1.82) is 0 Å². The lowest BCUT2D eigenvalue weighted by molar-refractivity contribution is -0.139. The molecule has 0 aliphatic rings. The molecule has 0 saturated carbocycles. The van der Waals surface area contributed by atoms with Gasteiger partial charge in [-0.3, -0.25) is 4.79 Å². The first-order valence-electron chi connectivity index (χ1n) is 9.34. The van der Waals surface area contributed by atoms with Crippen molar-refractivity contribution < 1.29 is 19.1 Å². The molecule has 146 valence electrons. The van der Waals surface area contributed by atoms with Crippen LogP contribution in [0, 0.1) is 0 Å². The lowest BCUT2D eigenvalue weighted by Gasteiger charge is -2.14. The Balaban J connectivity index is 1.75. The van der Waals surface area contributed by atoms with E-state index in [1.807, 2.05) is 60.7 Å². The maximum atomic E-state index is 12.7. The third kappa shape index (κ3) is 5.42. The minimum atomic E-state index is -0.889. The molecule has 0 heterocycles. The van der Waals surface area contributed by atoms with Gasteiger partial charge < -0.3 is 9.47 Å². The highest BCUT2D eigenvalue weighted by molar-refractivity contribution is 6.41. The van der Waals surface area contributed by atoms with E-state index < -0.39 is 11.8 Å². The Morgan fingerprint density at radius 1 is 0.793 bits per heavy atom. The van der Waals surface area contributed by atoms with Crippen LogP contribution in [0.1, 0.15) is 27.0 Å². The molecule has 0 unspecified atom stereocenters. The third-order valence-electron chi connectivity index (χ3n) is 4.36. The van der Waals surface area contributed by atoms with Crippen LogP contribution < -0.4 is 4.74 Å². The second kappa shape index (κ2) is 10.0. The largest absolute Gasteiger partial charge is 0.489 e. The number of carbonyl (C=O) groups is 2. The maximum absolute atomic E-state index is 12.7. The van der Waals surface area contributed by atoms with Crippen molar-refractivity contribution in [3.8, 4) is 5.75 Å². The molecule has 0 aliphatic heterocycles. The Hall–Kier alpha value is -3.66. The van der Waals surface area contributed by atoms with Gasteiger partial charge in [-0.05, 0) is 23.6 Å². The summed E-state index contributed by atoms with van der Waals surface area (Å²) in [5.41, 5.74) is 2.73. The smallest absolute Gasteiger partial charge is 0.380 e. The molecule has 0 saturated heterocycles. The molecule has 0 aromatic heterocycles. The number of Topliss-reactive ketones (excluding diaryl/α,β-unsaturated/α-hetero) is 1. The highest BCUT2D eigenvalue weighted by atomic mass is 16.5. The highest BCUT2D eigenvalue weighted by Gasteiger charge is 2.23. The second-order valence-corrected chi connectivity index (χ2v) is 6.44. The molecule has 0 spiro atoms. The molecule has 0 fully saturated rings. The predicted octanol–water partition coefficient (Wildman–Crippen LogP) is 4.92. The molecule has 0 aliphatic carbocycles. The van der Waals surface area contributed by atoms with Gasteiger partial charge in [-0.15, -0.1) is 6.58 Å². The molecular formula is C25H22O4. The summed E-state index contributed by atoms with van der Waals surface area (Å²) in [6.45, 7) is 4.16. The summed E-state index contributed by atoms with van der Waals surface area (Å²) in [7, 11) is 0. The Morgan fingerprint density at radius 2 is 1.41 bits per heavy atom. The molecule has 4 nitrogen and oxygen atoms in total. The molecular weight excluding hydrogens is 364 g/mol. The fraction of sp³-hybridized carbons (Fsp3) is 0.120. The standard InChI is InChI=1S/C25H22O4/c1-2-10-21-22(24(26)25(27)29-18-20-13-7-4-8-14-20)15-9-16-23(21)28-17-19-11-5-3-6-12-19/h2-9,11-16H,1,10,17-18H2. The van der Waals surface area contributed by atoms with E-state index in [2.05, 4.69) is 6.58 Å². The number of carbonyl (C=O) groups excluding carboxylic acids is 2. The van der Waals surface area contributed by atoms with Crippen LogP contribution in [0.3, 0.4) is 0 Å². The van der Waals surface area contributed by atoms with E-state index in [0.29, 0.717) is 24.3 Å². The summed E-state index contributed by atoms with van der Waals surface area (Å²) in [4.78, 5) is 25.0. The van der Waals surface area contributed by atoms with E-state index in [-0.39, 0.29) is 12.2 Å². The Kier molecular flexibility index (Phi) is 6.95. The lowest BCUT2D eigenvalue weighted by atomic mass is 9.99. The molecule has 0 N–H and O–H groups in total. The van der Waals surface area contributed by atoms with Crippen molar-refractivity contribution in [2.45, 2.75) is 19.6 Å². The van der Waals surface area contributed by atoms with Gasteiger partial charge in [-0.1, -0.05) is 78.9 Å². The quantitative estimate of drug-likeness (QED) is 0.227. The molecule has 3 aromatic carbocycles. The molecule has 0 bridgehead atoms. The number of benzene rings is 3. The second-order valence-electron chi connectivity index (χ2n) is 6.44. The van der Waals surface area contributed by atoms with Gasteiger partial charge in [0.1, 0.15) is 19.0 Å². The van der Waals surface area contributed by atoms with Crippen LogP contribution in [0.25, 0.3) is 0 Å². The van der Waals surface area contributed by atoms with E-state index in [4.69, 9.17) is 9.47 Å². The summed E-state index contributed by atoms with van der Waals surface area (Å²) in [6, 6.07) is 24.1. The summed E-state index contributed by atoms with van der Waals surface area (Å²) in [6.07, 6.45) is 2.08. The summed E-state index contributed by atoms with van der Waals surface area (Å²) < 4.78 is 11.1. The molecule has 0 atom stereocenters. The van der Waals surface area contributed by atoms with Gasteiger partial charge in [0.05, 0.1) is 0 Å². The van der Waals surface area contributed by atoms with Gasteiger partial charge in [0.2, 0.25) is 0 Å². The average Bonchev–Trinajstić information content (AvgIpc) is 2.77. The van der Waals surface area contributed by atoms with Gasteiger partial charge in [0, 0.05) is 11.1 Å². The van der Waals surface area contributed by atoms with E-state index >= 15 is 0 Å². The number of esters is 1. The summed E-state index contributed by atoms with van der Waals surface area (Å²) in [5, 5.41) is 0. The average molecular weight is 386 g/mol. The van der Waals surface area contributed by atoms with Gasteiger partial charge in [-0.2, -0.15) is 0 Å². The Bertz CT molecular complexity index is 978. The van der Waals surface area contributed by atoms with Crippen LogP contribution in [0.15, 0.2) is 91.5 Å². The zero-order valence-electron chi connectivity index (χ0n) is 16.0. The van der Waals surface area contributed by atoms with Crippen molar-refractivity contribution >= 4 is 11.8 Å². The van der Waals surface area contributed by atoms with Crippen LogP contribution in [-0.4, -0.2) is 11.8 Å². The number of rotatable bonds is 9. The number of allylic oxidation sites excluding steroid dienone is 1. The molecule has 3 aromatic rings. The first kappa shape index (κ1) is 20.1. The van der Waals surface area contributed by atoms with Crippen LogP contribution >= 0.6 is 0 Å². The Labute approximate surface area is 170 Å². The highest BCUT2D eigenvalue weighted by Crippen LogP contribution is 2.25. The zero-order valence-corrected chi connectivity index (χ0v) is 16.0. The molecule has 4 heteroatoms. The topological polar surface area (TPSA) is 52.6 Å². The van der Waals surface area contributed by atoms with Crippen molar-refractivity contribution in [3.05, 3.63) is 114 Å². The first-order chi connectivity index (χ1) is 14.2. The molecule has 29 heavy (non-hydrogen) atoms. The van der Waals surface area contributed by atoms with Crippen LogP contribution in [0.5, 0.6) is 5.75 Å². The first-order valence-corrected chi connectivity index (χ1v) is 9.34. The van der Waals surface area contributed by atoms with Crippen molar-refractivity contribution in [1.82, 2.24) is 0 Å². The van der Waals surface area contributed by atoms with E-state index in [0.717, 1.165) is 11.1 Å². The minimum absolute atomic E-state index is 0.0480. The van der Waals surface area contributed by atoms with Crippen molar-refractivity contribution in [3.63, 3.8) is 0 Å². The molecule has 0 amide bonds. The van der Waals surface area contributed by atoms with Gasteiger partial charge in [0.15, 0.2) is 0 Å². The number of ether oxygens (including phenoxy) is 2. The monoisotopic (exact) mass is 386 g/mol. The van der Waals surface area contributed by atoms with E-state index in [9.17, 15) is 9.59 Å². The fourth-order valence-corrected chi connectivity index (χ4v) is 2.90. The third-order valence-corrected chi connectivity index (χ3v) is 4.36. The van der Waals surface area contributed by atoms with Gasteiger partial charge >= 0.3 is 5.97 Å². The molecule has 3 rings (SSSR count). The van der Waals surface area contributed by atoms with Crippen LogP contribution in [-0.2, 0) is 29.2 Å². The van der Waals surface area contributed by atoms with Crippen LogP contribution in [0.2, 0.25) is 0 Å². The lowest BCUT2D eigenvalue weighted by Crippen LogP contribution is -2.19.